The molecule has 2 aromatic carbocycles. The van der Waals surface area contributed by atoms with Crippen molar-refractivity contribution >= 4 is 34.8 Å². The molecule has 170 valence electrons. The molecule has 0 aliphatic heterocycles. The second-order valence-electron chi connectivity index (χ2n) is 7.98. The van der Waals surface area contributed by atoms with E-state index < -0.39 is 0 Å². The van der Waals surface area contributed by atoms with Crippen molar-refractivity contribution in [3.63, 3.8) is 0 Å². The molecule has 1 fully saturated rings. The minimum Gasteiger partial charge on any atom is -0.467 e. The third kappa shape index (κ3) is 6.00. The Labute approximate surface area is 191 Å². The third-order valence-corrected chi connectivity index (χ3v) is 5.42. The molecule has 1 saturated carbocycles. The van der Waals surface area contributed by atoms with E-state index in [9.17, 15) is 14.4 Å². The van der Waals surface area contributed by atoms with Gasteiger partial charge in [0.2, 0.25) is 11.8 Å². The molecule has 0 spiro atoms. The van der Waals surface area contributed by atoms with Crippen molar-refractivity contribution < 1.29 is 18.8 Å². The summed E-state index contributed by atoms with van der Waals surface area (Å²) in [4.78, 5) is 36.7. The van der Waals surface area contributed by atoms with Crippen molar-refractivity contribution in [3.05, 3.63) is 77.7 Å². The van der Waals surface area contributed by atoms with Crippen LogP contribution in [0.2, 0.25) is 0 Å². The van der Waals surface area contributed by atoms with E-state index in [0.29, 0.717) is 29.2 Å². The molecule has 3 aromatic rings. The van der Waals surface area contributed by atoms with E-state index in [1.165, 1.54) is 0 Å². The van der Waals surface area contributed by atoms with Crippen LogP contribution < -0.4 is 21.3 Å². The normalized spacial score (nSPS) is 12.6. The van der Waals surface area contributed by atoms with Gasteiger partial charge in [-0.25, -0.2) is 0 Å². The summed E-state index contributed by atoms with van der Waals surface area (Å²) < 4.78 is 5.20. The van der Waals surface area contributed by atoms with Crippen LogP contribution in [0.25, 0.3) is 0 Å². The second kappa shape index (κ2) is 10.0. The van der Waals surface area contributed by atoms with Crippen LogP contribution in [0.5, 0.6) is 0 Å². The molecule has 0 saturated heterocycles. The number of nitrogens with one attached hydrogen (secondary N) is 4. The first-order valence-electron chi connectivity index (χ1n) is 10.8. The molecule has 1 heterocycles. The summed E-state index contributed by atoms with van der Waals surface area (Å²) in [7, 11) is 0. The summed E-state index contributed by atoms with van der Waals surface area (Å²) in [5.41, 5.74) is 3.40. The molecule has 8 heteroatoms. The van der Waals surface area contributed by atoms with Crippen LogP contribution >= 0.6 is 0 Å². The first-order valence-corrected chi connectivity index (χ1v) is 10.8. The van der Waals surface area contributed by atoms with Gasteiger partial charge in [0.15, 0.2) is 0 Å². The summed E-state index contributed by atoms with van der Waals surface area (Å²) in [5.74, 6) is 0.393. The molecule has 4 N–H and O–H groups in total. The molecular weight excluding hydrogens is 420 g/mol. The fourth-order valence-electron chi connectivity index (χ4n) is 3.29. The number of carbonyl (C=O) groups is 3. The monoisotopic (exact) mass is 446 g/mol. The lowest BCUT2D eigenvalue weighted by molar-refractivity contribution is -0.117. The van der Waals surface area contributed by atoms with Crippen LogP contribution in [0.15, 0.2) is 65.3 Å². The average Bonchev–Trinajstić information content (AvgIpc) is 3.55. The first kappa shape index (κ1) is 22.1. The van der Waals surface area contributed by atoms with E-state index in [2.05, 4.69) is 21.3 Å². The lowest BCUT2D eigenvalue weighted by Crippen LogP contribution is -2.23. The van der Waals surface area contributed by atoms with E-state index in [4.69, 9.17) is 4.42 Å². The zero-order valence-corrected chi connectivity index (χ0v) is 18.3. The van der Waals surface area contributed by atoms with Crippen LogP contribution in [-0.4, -0.2) is 24.3 Å². The number of carbonyl (C=O) groups excluding carboxylic acids is 3. The number of anilines is 3. The molecule has 3 amide bonds. The van der Waals surface area contributed by atoms with Crippen LogP contribution in [0.1, 0.15) is 34.5 Å². The van der Waals surface area contributed by atoms with E-state index in [1.807, 2.05) is 13.0 Å². The molecule has 0 radical (unpaired) electrons. The highest BCUT2D eigenvalue weighted by Crippen LogP contribution is 2.31. The van der Waals surface area contributed by atoms with E-state index in [1.54, 1.807) is 54.8 Å². The van der Waals surface area contributed by atoms with E-state index >= 15 is 0 Å². The van der Waals surface area contributed by atoms with Crippen LogP contribution in [0.4, 0.5) is 17.1 Å². The quantitative estimate of drug-likeness (QED) is 0.398. The number of rotatable bonds is 9. The fourth-order valence-corrected chi connectivity index (χ4v) is 3.29. The highest BCUT2D eigenvalue weighted by Gasteiger charge is 2.29. The largest absolute Gasteiger partial charge is 0.467 e. The molecule has 1 aliphatic carbocycles. The van der Waals surface area contributed by atoms with Crippen LogP contribution in [-0.2, 0) is 16.1 Å². The minimum atomic E-state index is -0.218. The number of hydrogen-bond acceptors (Lipinski definition) is 5. The average molecular weight is 447 g/mol. The van der Waals surface area contributed by atoms with Crippen LogP contribution in [0.3, 0.4) is 0 Å². The molecule has 33 heavy (non-hydrogen) atoms. The minimum absolute atomic E-state index is 0.0290. The molecule has 1 aliphatic rings. The number of furan rings is 1. The maximum absolute atomic E-state index is 12.4. The summed E-state index contributed by atoms with van der Waals surface area (Å²) >= 11 is 0. The van der Waals surface area contributed by atoms with E-state index in [-0.39, 0.29) is 30.2 Å². The molecule has 4 rings (SSSR count). The topological polar surface area (TPSA) is 112 Å². The number of benzene rings is 2. The first-order chi connectivity index (χ1) is 16.0. The van der Waals surface area contributed by atoms with Gasteiger partial charge in [-0.1, -0.05) is 6.07 Å². The summed E-state index contributed by atoms with van der Waals surface area (Å²) in [6.45, 7) is 2.24. The van der Waals surface area contributed by atoms with Gasteiger partial charge in [0.25, 0.3) is 5.91 Å². The SMILES string of the molecule is Cc1c(NC(=O)CNc2ccc(C(=O)NCc3ccco3)cc2)cccc1NC(=O)C1CC1. The van der Waals surface area contributed by atoms with Gasteiger partial charge in [-0.15, -0.1) is 0 Å². The van der Waals surface area contributed by atoms with Gasteiger partial charge >= 0.3 is 0 Å². The van der Waals surface area contributed by atoms with E-state index in [0.717, 1.165) is 24.1 Å². The fraction of sp³-hybridized carbons (Fsp3) is 0.240. The summed E-state index contributed by atoms with van der Waals surface area (Å²) in [5, 5.41) is 11.6. The van der Waals surface area contributed by atoms with Gasteiger partial charge in [0.1, 0.15) is 5.76 Å². The van der Waals surface area contributed by atoms with Crippen molar-refractivity contribution in [1.82, 2.24) is 5.32 Å². The van der Waals surface area contributed by atoms with Gasteiger partial charge in [0, 0.05) is 28.5 Å². The third-order valence-electron chi connectivity index (χ3n) is 5.42. The molecule has 0 unspecified atom stereocenters. The molecule has 0 atom stereocenters. The molecule has 0 bridgehead atoms. The molecule has 8 nitrogen and oxygen atoms in total. The van der Waals surface area contributed by atoms with Crippen molar-refractivity contribution in [2.75, 3.05) is 22.5 Å². The van der Waals surface area contributed by atoms with Crippen molar-refractivity contribution in [3.8, 4) is 0 Å². The zero-order chi connectivity index (χ0) is 23.2. The lowest BCUT2D eigenvalue weighted by atomic mass is 10.1. The Morgan fingerprint density at radius 1 is 0.939 bits per heavy atom. The lowest BCUT2D eigenvalue weighted by Gasteiger charge is -2.14. The maximum atomic E-state index is 12.4. The molecule has 1 aromatic heterocycles. The van der Waals surface area contributed by atoms with Crippen molar-refractivity contribution in [2.24, 2.45) is 5.92 Å². The van der Waals surface area contributed by atoms with Gasteiger partial charge < -0.3 is 25.7 Å². The van der Waals surface area contributed by atoms with Crippen molar-refractivity contribution in [1.29, 1.82) is 0 Å². The Morgan fingerprint density at radius 3 is 2.33 bits per heavy atom. The highest BCUT2D eigenvalue weighted by atomic mass is 16.3. The zero-order valence-electron chi connectivity index (χ0n) is 18.3. The van der Waals surface area contributed by atoms with Crippen molar-refractivity contribution in [2.45, 2.75) is 26.3 Å². The predicted octanol–water partition coefficient (Wildman–Crippen LogP) is 3.92. The van der Waals surface area contributed by atoms with Gasteiger partial charge in [-0.05, 0) is 73.9 Å². The number of hydrogen-bond donors (Lipinski definition) is 4. The Morgan fingerprint density at radius 2 is 1.67 bits per heavy atom. The maximum Gasteiger partial charge on any atom is 0.251 e. The summed E-state index contributed by atoms with van der Waals surface area (Å²) in [6, 6.07) is 15.9. The summed E-state index contributed by atoms with van der Waals surface area (Å²) in [6.07, 6.45) is 3.43. The standard InChI is InChI=1S/C25H26N4O4/c1-16-21(5-2-6-22(16)29-25(32)18-7-8-18)28-23(30)15-26-19-11-9-17(10-12-19)24(31)27-14-20-4-3-13-33-20/h2-6,9-13,18,26H,7-8,14-15H2,1H3,(H,27,31)(H,28,30)(H,29,32). The Balaban J connectivity index is 1.26. The van der Waals surface area contributed by atoms with Gasteiger partial charge in [-0.2, -0.15) is 0 Å². The molecular formula is C25H26N4O4. The Hall–Kier alpha value is -4.07. The smallest absolute Gasteiger partial charge is 0.251 e. The Kier molecular flexibility index (Phi) is 6.73. The number of amides is 3. The van der Waals surface area contributed by atoms with Gasteiger partial charge in [0.05, 0.1) is 19.4 Å². The van der Waals surface area contributed by atoms with Crippen LogP contribution in [0, 0.1) is 12.8 Å². The predicted molar refractivity (Wildman–Crippen MR) is 126 cm³/mol. The highest BCUT2D eigenvalue weighted by molar-refractivity contribution is 5.98. The van der Waals surface area contributed by atoms with Gasteiger partial charge in [-0.3, -0.25) is 14.4 Å². The Bertz CT molecular complexity index is 1140. The second-order valence-corrected chi connectivity index (χ2v) is 7.98.